The van der Waals surface area contributed by atoms with E-state index >= 15 is 0 Å². The Bertz CT molecular complexity index is 339. The van der Waals surface area contributed by atoms with Crippen LogP contribution in [-0.4, -0.2) is 104 Å². The normalized spacial score (nSPS) is 51.3. The summed E-state index contributed by atoms with van der Waals surface area (Å²) in [5.74, 6) is 0. The molecule has 124 valence electrons. The third kappa shape index (κ3) is 3.19. The van der Waals surface area contributed by atoms with E-state index in [4.69, 9.17) is 19.3 Å². The molecule has 0 aromatic carbocycles. The van der Waals surface area contributed by atoms with Crippen molar-refractivity contribution in [3.05, 3.63) is 0 Å². The molecule has 0 bridgehead atoms. The van der Waals surface area contributed by atoms with Gasteiger partial charge in [0.05, 0.1) is 13.2 Å². The summed E-state index contributed by atoms with van der Waals surface area (Å²) in [7, 11) is 0. The predicted molar refractivity (Wildman–Crippen MR) is 62.6 cm³/mol. The number of ether oxygens (including phenoxy) is 3. The van der Waals surface area contributed by atoms with E-state index in [1.165, 1.54) is 0 Å². The SMILES string of the molecule is OC[C@H]1O[C@@H](O[C@@H]2[C@H](O)[C@@H](O)[C@H](O)O[C@@H]2CO)[C@H](O)[C@H]1O. The largest absolute Gasteiger partial charge is 0.394 e. The number of aliphatic hydroxyl groups excluding tert-OH is 7. The lowest BCUT2D eigenvalue weighted by atomic mass is 9.99. The van der Waals surface area contributed by atoms with Crippen molar-refractivity contribution in [2.75, 3.05) is 13.2 Å². The molecule has 2 aliphatic rings. The molecule has 21 heavy (non-hydrogen) atoms. The molecule has 10 heteroatoms. The Labute approximate surface area is 119 Å². The second-order valence-electron chi connectivity index (χ2n) is 5.04. The van der Waals surface area contributed by atoms with Gasteiger partial charge in [-0.15, -0.1) is 0 Å². The van der Waals surface area contributed by atoms with E-state index in [2.05, 4.69) is 0 Å². The Morgan fingerprint density at radius 1 is 0.714 bits per heavy atom. The lowest BCUT2D eigenvalue weighted by molar-refractivity contribution is -0.320. The fraction of sp³-hybridized carbons (Fsp3) is 1.00. The molecule has 7 N–H and O–H groups in total. The Morgan fingerprint density at radius 2 is 1.33 bits per heavy atom. The van der Waals surface area contributed by atoms with E-state index in [-0.39, 0.29) is 0 Å². The minimum absolute atomic E-state index is 0.549. The van der Waals surface area contributed by atoms with Crippen molar-refractivity contribution in [2.24, 2.45) is 0 Å². The Kier molecular flexibility index (Phi) is 5.48. The summed E-state index contributed by atoms with van der Waals surface area (Å²) in [6.07, 6.45) is -12.8. The average molecular weight is 312 g/mol. The van der Waals surface area contributed by atoms with Crippen LogP contribution in [0.2, 0.25) is 0 Å². The van der Waals surface area contributed by atoms with Gasteiger partial charge >= 0.3 is 0 Å². The second-order valence-corrected chi connectivity index (χ2v) is 5.04. The van der Waals surface area contributed by atoms with Crippen LogP contribution in [0, 0.1) is 0 Å². The molecule has 9 atom stereocenters. The minimum Gasteiger partial charge on any atom is -0.394 e. The third-order valence-electron chi connectivity index (χ3n) is 3.63. The van der Waals surface area contributed by atoms with E-state index in [1.807, 2.05) is 0 Å². The van der Waals surface area contributed by atoms with Gasteiger partial charge in [-0.1, -0.05) is 0 Å². The highest BCUT2D eigenvalue weighted by Crippen LogP contribution is 2.28. The monoisotopic (exact) mass is 312 g/mol. The molecule has 0 saturated carbocycles. The molecule has 0 radical (unpaired) electrons. The second kappa shape index (κ2) is 6.79. The van der Waals surface area contributed by atoms with Crippen LogP contribution in [0.25, 0.3) is 0 Å². The molecule has 2 saturated heterocycles. The zero-order valence-corrected chi connectivity index (χ0v) is 11.0. The van der Waals surface area contributed by atoms with Gasteiger partial charge in [0.25, 0.3) is 0 Å². The average Bonchev–Trinajstić information content (AvgIpc) is 2.75. The first-order valence-corrected chi connectivity index (χ1v) is 6.49. The standard InChI is InChI=1S/C11H20O10/c12-1-3-5(14)8(17)11(20-3)21-9-4(2-13)19-10(18)7(16)6(9)15/h3-18H,1-2H2/t3-,4-,5+,6-,7-,8-,9+,10-,11+/m1/s1. The molecule has 2 fully saturated rings. The summed E-state index contributed by atoms with van der Waals surface area (Å²) in [5.41, 5.74) is 0. The molecule has 0 aliphatic carbocycles. The maximum Gasteiger partial charge on any atom is 0.187 e. The van der Waals surface area contributed by atoms with Gasteiger partial charge in [0, 0.05) is 0 Å². The van der Waals surface area contributed by atoms with Crippen molar-refractivity contribution in [3.8, 4) is 0 Å². The maximum absolute atomic E-state index is 9.87. The Balaban J connectivity index is 2.06. The van der Waals surface area contributed by atoms with Crippen molar-refractivity contribution in [1.29, 1.82) is 0 Å². The van der Waals surface area contributed by atoms with E-state index in [0.29, 0.717) is 0 Å². The summed E-state index contributed by atoms with van der Waals surface area (Å²) >= 11 is 0. The molecule has 2 rings (SSSR count). The van der Waals surface area contributed by atoms with Crippen LogP contribution in [0.4, 0.5) is 0 Å². The van der Waals surface area contributed by atoms with Gasteiger partial charge in [-0.25, -0.2) is 0 Å². The molecule has 0 amide bonds. The lowest BCUT2D eigenvalue weighted by Crippen LogP contribution is -2.60. The third-order valence-corrected chi connectivity index (χ3v) is 3.63. The highest BCUT2D eigenvalue weighted by molar-refractivity contribution is 4.92. The summed E-state index contributed by atoms with van der Waals surface area (Å²) in [4.78, 5) is 0. The molecule has 2 heterocycles. The van der Waals surface area contributed by atoms with E-state index in [1.54, 1.807) is 0 Å². The summed E-state index contributed by atoms with van der Waals surface area (Å²) in [6.45, 7) is -1.17. The van der Waals surface area contributed by atoms with E-state index < -0.39 is 68.5 Å². The molecular weight excluding hydrogens is 292 g/mol. The Hall–Kier alpha value is -0.400. The number of hydrogen-bond acceptors (Lipinski definition) is 10. The smallest absolute Gasteiger partial charge is 0.187 e. The summed E-state index contributed by atoms with van der Waals surface area (Å²) in [6, 6.07) is 0. The molecule has 0 spiro atoms. The first-order chi connectivity index (χ1) is 9.90. The highest BCUT2D eigenvalue weighted by Gasteiger charge is 2.49. The van der Waals surface area contributed by atoms with Crippen LogP contribution in [0.15, 0.2) is 0 Å². The zero-order valence-electron chi connectivity index (χ0n) is 11.0. The molecule has 0 aromatic rings. The van der Waals surface area contributed by atoms with Crippen LogP contribution in [0.3, 0.4) is 0 Å². The van der Waals surface area contributed by atoms with Gasteiger partial charge in [0.2, 0.25) is 0 Å². The van der Waals surface area contributed by atoms with Gasteiger partial charge in [-0.3, -0.25) is 0 Å². The molecular formula is C11H20O10. The molecule has 0 unspecified atom stereocenters. The van der Waals surface area contributed by atoms with Crippen molar-refractivity contribution >= 4 is 0 Å². The number of rotatable bonds is 4. The quantitative estimate of drug-likeness (QED) is 0.267. The van der Waals surface area contributed by atoms with Crippen molar-refractivity contribution in [2.45, 2.75) is 55.3 Å². The van der Waals surface area contributed by atoms with Gasteiger partial charge in [0.15, 0.2) is 12.6 Å². The first kappa shape index (κ1) is 17.0. The predicted octanol–water partition coefficient (Wildman–Crippen LogP) is -4.76. The van der Waals surface area contributed by atoms with Gasteiger partial charge in [-0.05, 0) is 0 Å². The Morgan fingerprint density at radius 3 is 1.86 bits per heavy atom. The van der Waals surface area contributed by atoms with Gasteiger partial charge in [-0.2, -0.15) is 0 Å². The van der Waals surface area contributed by atoms with Crippen molar-refractivity contribution in [3.63, 3.8) is 0 Å². The molecule has 0 aromatic heterocycles. The topological polar surface area (TPSA) is 169 Å². The molecule has 10 nitrogen and oxygen atoms in total. The first-order valence-electron chi connectivity index (χ1n) is 6.49. The van der Waals surface area contributed by atoms with Gasteiger partial charge < -0.3 is 50.0 Å². The zero-order chi connectivity index (χ0) is 15.7. The summed E-state index contributed by atoms with van der Waals surface area (Å²) < 4.78 is 15.2. The number of hydrogen-bond donors (Lipinski definition) is 7. The molecule has 2 aliphatic heterocycles. The van der Waals surface area contributed by atoms with Gasteiger partial charge in [0.1, 0.15) is 42.7 Å². The van der Waals surface area contributed by atoms with Crippen LogP contribution in [-0.2, 0) is 14.2 Å². The fourth-order valence-electron chi connectivity index (χ4n) is 2.37. The van der Waals surface area contributed by atoms with Crippen molar-refractivity contribution < 1.29 is 50.0 Å². The lowest BCUT2D eigenvalue weighted by Gasteiger charge is -2.41. The van der Waals surface area contributed by atoms with Crippen LogP contribution in [0.1, 0.15) is 0 Å². The van der Waals surface area contributed by atoms with Crippen LogP contribution < -0.4 is 0 Å². The highest BCUT2D eigenvalue weighted by atomic mass is 16.7. The minimum atomic E-state index is -1.69. The summed E-state index contributed by atoms with van der Waals surface area (Å²) in [5, 5.41) is 66.2. The fourth-order valence-corrected chi connectivity index (χ4v) is 2.37. The number of aliphatic hydroxyl groups is 7. The van der Waals surface area contributed by atoms with Crippen LogP contribution >= 0.6 is 0 Å². The van der Waals surface area contributed by atoms with E-state index in [9.17, 15) is 30.6 Å². The van der Waals surface area contributed by atoms with Crippen LogP contribution in [0.5, 0.6) is 0 Å². The van der Waals surface area contributed by atoms with E-state index in [0.717, 1.165) is 0 Å². The van der Waals surface area contributed by atoms with Crippen molar-refractivity contribution in [1.82, 2.24) is 0 Å². The maximum atomic E-state index is 9.87.